The molecule has 1 aliphatic heterocycles. The van der Waals surface area contributed by atoms with Gasteiger partial charge in [-0.05, 0) is 62.5 Å². The van der Waals surface area contributed by atoms with Crippen molar-refractivity contribution in [3.63, 3.8) is 0 Å². The zero-order valence-corrected chi connectivity index (χ0v) is 20.9. The van der Waals surface area contributed by atoms with Gasteiger partial charge in [-0.15, -0.1) is 0 Å². The third kappa shape index (κ3) is 5.18. The Balaban J connectivity index is 1.60. The van der Waals surface area contributed by atoms with Crippen LogP contribution in [-0.2, 0) is 0 Å². The smallest absolute Gasteiger partial charge is 0.252 e. The number of anilines is 1. The van der Waals surface area contributed by atoms with Crippen molar-refractivity contribution < 1.29 is 9.53 Å². The fraction of sp³-hybridized carbons (Fsp3) is 0.393. The average Bonchev–Trinajstić information content (AvgIpc) is 2.77. The van der Waals surface area contributed by atoms with Gasteiger partial charge in [0, 0.05) is 43.5 Å². The van der Waals surface area contributed by atoms with Gasteiger partial charge in [0.2, 0.25) is 0 Å². The molecule has 4 rings (SSSR count). The molecule has 0 radical (unpaired) electrons. The molecule has 3 aromatic rings. The molecule has 6 nitrogen and oxygen atoms in total. The minimum atomic E-state index is -0.218. The van der Waals surface area contributed by atoms with E-state index >= 15 is 0 Å². The van der Waals surface area contributed by atoms with E-state index in [2.05, 4.69) is 51.7 Å². The summed E-state index contributed by atoms with van der Waals surface area (Å²) >= 11 is 0. The highest BCUT2D eigenvalue weighted by Crippen LogP contribution is 2.33. The van der Waals surface area contributed by atoms with Gasteiger partial charge in [0.05, 0.1) is 12.1 Å². The predicted molar refractivity (Wildman–Crippen MR) is 140 cm³/mol. The van der Waals surface area contributed by atoms with Crippen molar-refractivity contribution in [1.82, 2.24) is 15.5 Å². The van der Waals surface area contributed by atoms with E-state index in [4.69, 9.17) is 4.74 Å². The van der Waals surface area contributed by atoms with E-state index in [1.807, 2.05) is 58.3 Å². The van der Waals surface area contributed by atoms with Crippen molar-refractivity contribution in [2.75, 3.05) is 52.3 Å². The zero-order valence-electron chi connectivity index (χ0n) is 20.9. The molecule has 1 fully saturated rings. The number of nitrogens with zero attached hydrogens (tertiary/aromatic N) is 2. The standard InChI is InChI=1S/C28H36N4O2/c1-19-10-12-22(32(5)23-17-29-18-23)16-25(19)28(33)30-20(2)27-24-9-7-6-8-21(24)11-13-26(27)34-15-14-31(3)4/h6-13,16,20,23,29H,14-15,17-18H2,1-5H3,(H,30,33)/t20-/m1/s1. The average molecular weight is 461 g/mol. The second-order valence-electron chi connectivity index (χ2n) is 9.47. The van der Waals surface area contributed by atoms with Crippen LogP contribution in [0.25, 0.3) is 10.8 Å². The van der Waals surface area contributed by atoms with Gasteiger partial charge in [0.1, 0.15) is 12.4 Å². The molecule has 1 saturated heterocycles. The third-order valence-electron chi connectivity index (χ3n) is 6.69. The first-order chi connectivity index (χ1) is 16.3. The summed E-state index contributed by atoms with van der Waals surface area (Å²) in [6.45, 7) is 7.37. The Morgan fingerprint density at radius 2 is 1.88 bits per heavy atom. The quantitative estimate of drug-likeness (QED) is 0.506. The monoisotopic (exact) mass is 460 g/mol. The Bertz CT molecular complexity index is 1160. The van der Waals surface area contributed by atoms with Crippen LogP contribution in [0.3, 0.4) is 0 Å². The number of carbonyl (C=O) groups excluding carboxylic acids is 1. The SMILES string of the molecule is Cc1ccc(N(C)C2CNC2)cc1C(=O)N[C@H](C)c1c(OCCN(C)C)ccc2ccccc12. The van der Waals surface area contributed by atoms with Gasteiger partial charge in [-0.3, -0.25) is 4.79 Å². The zero-order chi connectivity index (χ0) is 24.2. The van der Waals surface area contributed by atoms with E-state index in [0.29, 0.717) is 18.2 Å². The summed E-state index contributed by atoms with van der Waals surface area (Å²) in [6, 6.07) is 18.7. The molecule has 1 aliphatic rings. The molecule has 2 N–H and O–H groups in total. The molecule has 0 aliphatic carbocycles. The molecule has 0 aromatic heterocycles. The van der Waals surface area contributed by atoms with Crippen molar-refractivity contribution >= 4 is 22.4 Å². The number of benzene rings is 3. The van der Waals surface area contributed by atoms with Crippen molar-refractivity contribution in [3.8, 4) is 5.75 Å². The van der Waals surface area contributed by atoms with Crippen LogP contribution in [0.4, 0.5) is 5.69 Å². The summed E-state index contributed by atoms with van der Waals surface area (Å²) in [6.07, 6.45) is 0. The van der Waals surface area contributed by atoms with E-state index in [1.54, 1.807) is 0 Å². The minimum absolute atomic E-state index is 0.0702. The fourth-order valence-corrected chi connectivity index (χ4v) is 4.36. The molecule has 34 heavy (non-hydrogen) atoms. The number of aryl methyl sites for hydroxylation is 1. The van der Waals surface area contributed by atoms with Gasteiger partial charge in [-0.2, -0.15) is 0 Å². The van der Waals surface area contributed by atoms with Crippen molar-refractivity contribution in [3.05, 3.63) is 71.3 Å². The summed E-state index contributed by atoms with van der Waals surface area (Å²) in [5.41, 5.74) is 3.75. The van der Waals surface area contributed by atoms with Gasteiger partial charge in [0.25, 0.3) is 5.91 Å². The minimum Gasteiger partial charge on any atom is -0.492 e. The van der Waals surface area contributed by atoms with E-state index in [0.717, 1.165) is 53.0 Å². The highest BCUT2D eigenvalue weighted by molar-refractivity contribution is 5.97. The number of nitrogens with one attached hydrogen (secondary N) is 2. The Labute approximate surface area is 202 Å². The predicted octanol–water partition coefficient (Wildman–Crippen LogP) is 3.99. The van der Waals surface area contributed by atoms with Crippen LogP contribution in [0, 0.1) is 6.92 Å². The normalized spacial score (nSPS) is 14.6. The fourth-order valence-electron chi connectivity index (χ4n) is 4.36. The van der Waals surface area contributed by atoms with Gasteiger partial charge < -0.3 is 25.2 Å². The van der Waals surface area contributed by atoms with Gasteiger partial charge in [-0.25, -0.2) is 0 Å². The van der Waals surface area contributed by atoms with Crippen LogP contribution in [0.15, 0.2) is 54.6 Å². The highest BCUT2D eigenvalue weighted by Gasteiger charge is 2.24. The molecule has 1 amide bonds. The second kappa shape index (κ2) is 10.5. The number of carbonyl (C=O) groups is 1. The molecule has 180 valence electrons. The molecule has 0 saturated carbocycles. The van der Waals surface area contributed by atoms with Crippen LogP contribution >= 0.6 is 0 Å². The molecule has 0 unspecified atom stereocenters. The molecule has 1 atom stereocenters. The van der Waals surface area contributed by atoms with Crippen LogP contribution in [0.1, 0.15) is 34.5 Å². The molecular formula is C28H36N4O2. The summed E-state index contributed by atoms with van der Waals surface area (Å²) in [5.74, 6) is 0.746. The number of ether oxygens (including phenoxy) is 1. The maximum Gasteiger partial charge on any atom is 0.252 e. The maximum atomic E-state index is 13.4. The molecule has 6 heteroatoms. The van der Waals surface area contributed by atoms with E-state index in [1.165, 1.54) is 0 Å². The second-order valence-corrected chi connectivity index (χ2v) is 9.47. The summed E-state index contributed by atoms with van der Waals surface area (Å²) in [4.78, 5) is 17.8. The number of fused-ring (bicyclic) bond motifs is 1. The lowest BCUT2D eigenvalue weighted by molar-refractivity contribution is 0.0939. The molecular weight excluding hydrogens is 424 g/mol. The molecule has 1 heterocycles. The topological polar surface area (TPSA) is 56.8 Å². The number of hydrogen-bond acceptors (Lipinski definition) is 5. The van der Waals surface area contributed by atoms with Gasteiger partial charge >= 0.3 is 0 Å². The van der Waals surface area contributed by atoms with Gasteiger partial charge in [0.15, 0.2) is 0 Å². The molecule has 0 bridgehead atoms. The first-order valence-electron chi connectivity index (χ1n) is 12.0. The van der Waals surface area contributed by atoms with Crippen LogP contribution in [0.2, 0.25) is 0 Å². The van der Waals surface area contributed by atoms with Crippen molar-refractivity contribution in [2.45, 2.75) is 25.9 Å². The first kappa shape index (κ1) is 24.0. The number of hydrogen-bond donors (Lipinski definition) is 2. The molecule has 3 aromatic carbocycles. The summed E-state index contributed by atoms with van der Waals surface area (Å²) in [7, 11) is 6.15. The Morgan fingerprint density at radius 3 is 2.59 bits per heavy atom. The lowest BCUT2D eigenvalue weighted by Crippen LogP contribution is -2.56. The van der Waals surface area contributed by atoms with E-state index < -0.39 is 0 Å². The summed E-state index contributed by atoms with van der Waals surface area (Å²) < 4.78 is 6.18. The summed E-state index contributed by atoms with van der Waals surface area (Å²) in [5, 5.41) is 8.79. The first-order valence-corrected chi connectivity index (χ1v) is 12.0. The maximum absolute atomic E-state index is 13.4. The number of likely N-dealkylation sites (N-methyl/N-ethyl adjacent to an activating group) is 2. The Hall–Kier alpha value is -3.09. The van der Waals surface area contributed by atoms with Crippen molar-refractivity contribution in [1.29, 1.82) is 0 Å². The van der Waals surface area contributed by atoms with Crippen LogP contribution in [-0.4, -0.2) is 64.2 Å². The van der Waals surface area contributed by atoms with Crippen LogP contribution in [0.5, 0.6) is 5.75 Å². The lowest BCUT2D eigenvalue weighted by Gasteiger charge is -2.37. The largest absolute Gasteiger partial charge is 0.492 e. The van der Waals surface area contributed by atoms with E-state index in [9.17, 15) is 4.79 Å². The highest BCUT2D eigenvalue weighted by atomic mass is 16.5. The van der Waals surface area contributed by atoms with Crippen molar-refractivity contribution in [2.24, 2.45) is 0 Å². The van der Waals surface area contributed by atoms with Crippen LogP contribution < -0.4 is 20.3 Å². The molecule has 0 spiro atoms. The third-order valence-corrected chi connectivity index (χ3v) is 6.69. The Morgan fingerprint density at radius 1 is 1.12 bits per heavy atom. The van der Waals surface area contributed by atoms with Gasteiger partial charge in [-0.1, -0.05) is 36.4 Å². The number of rotatable bonds is 9. The number of amides is 1. The Kier molecular flexibility index (Phi) is 7.39. The van der Waals surface area contributed by atoms with E-state index in [-0.39, 0.29) is 11.9 Å². The lowest BCUT2D eigenvalue weighted by atomic mass is 9.97.